The first kappa shape index (κ1) is 19.4. The molecule has 0 radical (unpaired) electrons. The summed E-state index contributed by atoms with van der Waals surface area (Å²) in [6.07, 6.45) is 3.54. The van der Waals surface area contributed by atoms with Crippen LogP contribution in [0.4, 0.5) is 0 Å². The SMILES string of the molecule is CCNC(=NCCc1nc(-c2ccco2)n[nH]1)N1CCC(N(CC)CC)C1. The average Bonchev–Trinajstić information content (AvgIpc) is 3.43. The molecule has 8 heteroatoms. The summed E-state index contributed by atoms with van der Waals surface area (Å²) in [4.78, 5) is 14.2. The summed E-state index contributed by atoms with van der Waals surface area (Å²) in [5.41, 5.74) is 0. The molecule has 0 aliphatic carbocycles. The van der Waals surface area contributed by atoms with Crippen molar-refractivity contribution in [1.29, 1.82) is 0 Å². The lowest BCUT2D eigenvalue weighted by atomic mass is 10.2. The summed E-state index contributed by atoms with van der Waals surface area (Å²) < 4.78 is 5.33. The van der Waals surface area contributed by atoms with Crippen LogP contribution < -0.4 is 5.32 Å². The standard InChI is InChI=1S/C19H31N7O/c1-4-20-19(26-12-10-15(14-26)25(5-2)6-3)21-11-9-17-22-18(24-23-17)16-8-7-13-27-16/h7-8,13,15H,4-6,9-12,14H2,1-3H3,(H,20,21)(H,22,23,24). The fourth-order valence-corrected chi connectivity index (χ4v) is 3.59. The Balaban J connectivity index is 1.56. The van der Waals surface area contributed by atoms with Crippen LogP contribution in [0.2, 0.25) is 0 Å². The van der Waals surface area contributed by atoms with Crippen LogP contribution in [-0.4, -0.2) is 76.3 Å². The highest BCUT2D eigenvalue weighted by molar-refractivity contribution is 5.80. The van der Waals surface area contributed by atoms with E-state index in [1.165, 1.54) is 6.42 Å². The van der Waals surface area contributed by atoms with Crippen molar-refractivity contribution in [1.82, 2.24) is 30.3 Å². The minimum Gasteiger partial charge on any atom is -0.461 e. The van der Waals surface area contributed by atoms with Gasteiger partial charge in [-0.05, 0) is 38.6 Å². The molecule has 27 heavy (non-hydrogen) atoms. The Morgan fingerprint density at radius 1 is 1.41 bits per heavy atom. The quantitative estimate of drug-likeness (QED) is 0.544. The number of H-pyrrole nitrogens is 1. The van der Waals surface area contributed by atoms with E-state index < -0.39 is 0 Å². The Hall–Kier alpha value is -2.35. The third-order valence-electron chi connectivity index (χ3n) is 5.01. The molecule has 1 aliphatic heterocycles. The van der Waals surface area contributed by atoms with Crippen LogP contribution in [0.1, 0.15) is 33.0 Å². The zero-order chi connectivity index (χ0) is 19.1. The third-order valence-corrected chi connectivity index (χ3v) is 5.01. The second-order valence-corrected chi connectivity index (χ2v) is 6.68. The molecule has 0 aromatic carbocycles. The van der Waals surface area contributed by atoms with Gasteiger partial charge in [0.15, 0.2) is 11.7 Å². The Morgan fingerprint density at radius 3 is 2.96 bits per heavy atom. The molecule has 1 atom stereocenters. The number of likely N-dealkylation sites (tertiary alicyclic amines) is 1. The molecule has 1 fully saturated rings. The summed E-state index contributed by atoms with van der Waals surface area (Å²) in [5.74, 6) is 3.09. The fourth-order valence-electron chi connectivity index (χ4n) is 3.59. The highest BCUT2D eigenvalue weighted by Crippen LogP contribution is 2.16. The molecule has 1 saturated heterocycles. The molecule has 0 spiro atoms. The minimum absolute atomic E-state index is 0.590. The van der Waals surface area contributed by atoms with Gasteiger partial charge in [0.25, 0.3) is 0 Å². The molecular weight excluding hydrogens is 342 g/mol. The number of hydrogen-bond acceptors (Lipinski definition) is 5. The lowest BCUT2D eigenvalue weighted by Gasteiger charge is -2.27. The van der Waals surface area contributed by atoms with Crippen LogP contribution >= 0.6 is 0 Å². The van der Waals surface area contributed by atoms with Crippen molar-refractivity contribution >= 4 is 5.96 Å². The van der Waals surface area contributed by atoms with E-state index in [0.29, 0.717) is 24.2 Å². The summed E-state index contributed by atoms with van der Waals surface area (Å²) in [7, 11) is 0. The van der Waals surface area contributed by atoms with Gasteiger partial charge in [0.05, 0.1) is 6.26 Å². The van der Waals surface area contributed by atoms with Gasteiger partial charge in [0, 0.05) is 38.6 Å². The first-order valence-electron chi connectivity index (χ1n) is 9.97. The van der Waals surface area contributed by atoms with Crippen LogP contribution in [0.3, 0.4) is 0 Å². The summed E-state index contributed by atoms with van der Waals surface area (Å²) in [6.45, 7) is 12.4. The number of aromatic nitrogens is 3. The van der Waals surface area contributed by atoms with Crippen LogP contribution in [-0.2, 0) is 6.42 Å². The molecule has 2 aromatic rings. The maximum Gasteiger partial charge on any atom is 0.216 e. The third kappa shape index (κ3) is 4.88. The summed E-state index contributed by atoms with van der Waals surface area (Å²) >= 11 is 0. The number of rotatable bonds is 8. The number of aliphatic imine (C=N–C) groups is 1. The number of nitrogens with one attached hydrogen (secondary N) is 2. The molecule has 2 aromatic heterocycles. The van der Waals surface area contributed by atoms with Gasteiger partial charge in [-0.3, -0.25) is 15.0 Å². The summed E-state index contributed by atoms with van der Waals surface area (Å²) in [6, 6.07) is 4.31. The Bertz CT molecular complexity index is 705. The predicted molar refractivity (Wildman–Crippen MR) is 107 cm³/mol. The van der Waals surface area contributed by atoms with Crippen molar-refractivity contribution in [2.24, 2.45) is 4.99 Å². The van der Waals surface area contributed by atoms with Crippen molar-refractivity contribution in [3.05, 3.63) is 24.2 Å². The van der Waals surface area contributed by atoms with E-state index in [4.69, 9.17) is 9.41 Å². The smallest absolute Gasteiger partial charge is 0.216 e. The summed E-state index contributed by atoms with van der Waals surface area (Å²) in [5, 5.41) is 10.6. The molecular formula is C19H31N7O. The van der Waals surface area contributed by atoms with Crippen molar-refractivity contribution in [3.63, 3.8) is 0 Å². The van der Waals surface area contributed by atoms with Gasteiger partial charge in [-0.2, -0.15) is 5.10 Å². The normalized spacial score (nSPS) is 17.9. The molecule has 0 saturated carbocycles. The van der Waals surface area contributed by atoms with E-state index in [0.717, 1.165) is 50.9 Å². The van der Waals surface area contributed by atoms with Gasteiger partial charge in [0.1, 0.15) is 5.82 Å². The van der Waals surface area contributed by atoms with E-state index in [9.17, 15) is 0 Å². The van der Waals surface area contributed by atoms with Crippen LogP contribution in [0.15, 0.2) is 27.8 Å². The van der Waals surface area contributed by atoms with Gasteiger partial charge in [-0.1, -0.05) is 13.8 Å². The van der Waals surface area contributed by atoms with E-state index in [2.05, 4.69) is 51.1 Å². The maximum atomic E-state index is 5.33. The molecule has 1 aliphatic rings. The van der Waals surface area contributed by atoms with Crippen molar-refractivity contribution in [3.8, 4) is 11.6 Å². The van der Waals surface area contributed by atoms with Crippen LogP contribution in [0.25, 0.3) is 11.6 Å². The molecule has 3 rings (SSSR count). The first-order valence-corrected chi connectivity index (χ1v) is 9.97. The van der Waals surface area contributed by atoms with Gasteiger partial charge >= 0.3 is 0 Å². The lowest BCUT2D eigenvalue weighted by Crippen LogP contribution is -2.43. The Kier molecular flexibility index (Phi) is 6.86. The van der Waals surface area contributed by atoms with Gasteiger partial charge in [0.2, 0.25) is 5.82 Å². The zero-order valence-corrected chi connectivity index (χ0v) is 16.6. The van der Waals surface area contributed by atoms with Crippen LogP contribution in [0.5, 0.6) is 0 Å². The Morgan fingerprint density at radius 2 is 2.26 bits per heavy atom. The second kappa shape index (κ2) is 9.55. The van der Waals surface area contributed by atoms with E-state index in [1.54, 1.807) is 6.26 Å². The lowest BCUT2D eigenvalue weighted by molar-refractivity contribution is 0.223. The number of furan rings is 1. The minimum atomic E-state index is 0.590. The highest BCUT2D eigenvalue weighted by Gasteiger charge is 2.27. The molecule has 1 unspecified atom stereocenters. The topological polar surface area (TPSA) is 85.6 Å². The first-order chi connectivity index (χ1) is 13.2. The second-order valence-electron chi connectivity index (χ2n) is 6.68. The predicted octanol–water partition coefficient (Wildman–Crippen LogP) is 1.99. The average molecular weight is 374 g/mol. The molecule has 0 bridgehead atoms. The van der Waals surface area contributed by atoms with Crippen molar-refractivity contribution in [2.75, 3.05) is 39.3 Å². The van der Waals surface area contributed by atoms with Crippen molar-refractivity contribution in [2.45, 2.75) is 39.7 Å². The van der Waals surface area contributed by atoms with Gasteiger partial charge in [-0.25, -0.2) is 4.98 Å². The van der Waals surface area contributed by atoms with Crippen LogP contribution in [0, 0.1) is 0 Å². The zero-order valence-electron chi connectivity index (χ0n) is 16.6. The molecule has 3 heterocycles. The monoisotopic (exact) mass is 373 g/mol. The molecule has 8 nitrogen and oxygen atoms in total. The van der Waals surface area contributed by atoms with E-state index >= 15 is 0 Å². The number of hydrogen-bond donors (Lipinski definition) is 2. The van der Waals surface area contributed by atoms with E-state index in [1.807, 2.05) is 12.1 Å². The Labute approximate surface area is 161 Å². The number of likely N-dealkylation sites (N-methyl/N-ethyl adjacent to an activating group) is 1. The number of nitrogens with zero attached hydrogens (tertiary/aromatic N) is 5. The largest absolute Gasteiger partial charge is 0.461 e. The number of guanidine groups is 1. The fraction of sp³-hybridized carbons (Fsp3) is 0.632. The number of aromatic amines is 1. The van der Waals surface area contributed by atoms with Crippen molar-refractivity contribution < 1.29 is 4.42 Å². The molecule has 0 amide bonds. The van der Waals surface area contributed by atoms with E-state index in [-0.39, 0.29) is 0 Å². The highest BCUT2D eigenvalue weighted by atomic mass is 16.3. The molecule has 148 valence electrons. The maximum absolute atomic E-state index is 5.33. The molecule has 2 N–H and O–H groups in total. The van der Waals surface area contributed by atoms with Gasteiger partial charge in [-0.15, -0.1) is 0 Å². The van der Waals surface area contributed by atoms with Gasteiger partial charge < -0.3 is 14.6 Å².